The van der Waals surface area contributed by atoms with Crippen molar-refractivity contribution in [1.29, 1.82) is 0 Å². The number of likely N-dealkylation sites (tertiary alicyclic amines) is 1. The number of nitrogens with one attached hydrogen (secondary N) is 1. The average molecular weight is 368 g/mol. The van der Waals surface area contributed by atoms with E-state index in [9.17, 15) is 23.5 Å². The molecule has 0 bridgehead atoms. The highest BCUT2D eigenvalue weighted by Crippen LogP contribution is 2.39. The summed E-state index contributed by atoms with van der Waals surface area (Å²) >= 11 is 0. The summed E-state index contributed by atoms with van der Waals surface area (Å²) < 4.78 is 30.7. The van der Waals surface area contributed by atoms with Gasteiger partial charge in [-0.3, -0.25) is 0 Å². The smallest absolute Gasteiger partial charge is 0.407 e. The van der Waals surface area contributed by atoms with Crippen LogP contribution in [0.25, 0.3) is 0 Å². The summed E-state index contributed by atoms with van der Waals surface area (Å²) in [5.74, 6) is -3.04. The molecule has 2 N–H and O–H groups in total. The Hall–Kier alpha value is -2.22. The zero-order chi connectivity index (χ0) is 18.9. The number of alkyl halides is 2. The molecule has 26 heavy (non-hydrogen) atoms. The minimum Gasteiger partial charge on any atom is -0.465 e. The first-order valence-corrected chi connectivity index (χ1v) is 8.61. The lowest BCUT2D eigenvalue weighted by Crippen LogP contribution is -2.55. The second kappa shape index (κ2) is 7.19. The van der Waals surface area contributed by atoms with Crippen molar-refractivity contribution in [2.45, 2.75) is 49.7 Å². The summed E-state index contributed by atoms with van der Waals surface area (Å²) in [6.07, 6.45) is -0.243. The molecular weight excluding hydrogens is 346 g/mol. The van der Waals surface area contributed by atoms with Crippen LogP contribution in [0.2, 0.25) is 0 Å². The normalized spacial score (nSPS) is 25.4. The molecule has 6 nitrogen and oxygen atoms in total. The van der Waals surface area contributed by atoms with Crippen LogP contribution in [0.5, 0.6) is 0 Å². The molecule has 1 aliphatic carbocycles. The van der Waals surface area contributed by atoms with E-state index in [1.165, 1.54) is 12.0 Å². The number of carbonyl (C=O) groups excluding carboxylic acids is 1. The van der Waals surface area contributed by atoms with E-state index in [2.05, 4.69) is 10.1 Å². The Morgan fingerprint density at radius 1 is 1.23 bits per heavy atom. The molecule has 8 heteroatoms. The molecule has 1 saturated heterocycles. The van der Waals surface area contributed by atoms with Crippen molar-refractivity contribution in [2.75, 3.05) is 13.7 Å². The van der Waals surface area contributed by atoms with Gasteiger partial charge in [-0.25, -0.2) is 18.4 Å². The highest BCUT2D eigenvalue weighted by molar-refractivity contribution is 5.89. The molecule has 2 aliphatic rings. The monoisotopic (exact) mass is 368 g/mol. The maximum atomic E-state index is 13.0. The Morgan fingerprint density at radius 2 is 1.88 bits per heavy atom. The number of carbonyl (C=O) groups is 2. The van der Waals surface area contributed by atoms with Gasteiger partial charge in [0.15, 0.2) is 0 Å². The second-order valence-corrected chi connectivity index (χ2v) is 6.95. The van der Waals surface area contributed by atoms with Crippen molar-refractivity contribution >= 4 is 12.1 Å². The van der Waals surface area contributed by atoms with E-state index in [4.69, 9.17) is 0 Å². The van der Waals surface area contributed by atoms with Crippen molar-refractivity contribution in [3.63, 3.8) is 0 Å². The number of benzene rings is 1. The standard InChI is InChI=1S/C18H22F2N2O4/c1-26-16(23)12-4-2-11(3-5-12)15-8-13(6-7-22(15)17(24)25)21-14-9-18(19,20)10-14/h2-5,13-15,21H,6-10H2,1H3,(H,24,25)/t13?,15-/m0/s1. The number of ether oxygens (including phenoxy) is 1. The molecule has 1 amide bonds. The van der Waals surface area contributed by atoms with Crippen molar-refractivity contribution in [2.24, 2.45) is 0 Å². The number of hydrogen-bond acceptors (Lipinski definition) is 4. The van der Waals surface area contributed by atoms with Gasteiger partial charge >= 0.3 is 12.1 Å². The van der Waals surface area contributed by atoms with Gasteiger partial charge in [-0.1, -0.05) is 12.1 Å². The summed E-state index contributed by atoms with van der Waals surface area (Å²) in [7, 11) is 1.30. The molecular formula is C18H22F2N2O4. The first-order chi connectivity index (χ1) is 12.3. The largest absolute Gasteiger partial charge is 0.465 e. The number of halogens is 2. The third-order valence-electron chi connectivity index (χ3n) is 5.13. The Kier molecular flexibility index (Phi) is 5.13. The van der Waals surface area contributed by atoms with Crippen LogP contribution in [0.1, 0.15) is 47.6 Å². The second-order valence-electron chi connectivity index (χ2n) is 6.95. The van der Waals surface area contributed by atoms with Crippen LogP contribution in [0, 0.1) is 0 Å². The quantitative estimate of drug-likeness (QED) is 0.799. The number of rotatable bonds is 4. The maximum absolute atomic E-state index is 13.0. The molecule has 3 rings (SSSR count). The Morgan fingerprint density at radius 3 is 2.42 bits per heavy atom. The number of methoxy groups -OCH3 is 1. The molecule has 1 aliphatic heterocycles. The van der Waals surface area contributed by atoms with Crippen LogP contribution >= 0.6 is 0 Å². The topological polar surface area (TPSA) is 78.9 Å². The van der Waals surface area contributed by atoms with Gasteiger partial charge in [-0.15, -0.1) is 0 Å². The molecule has 0 aromatic heterocycles. The van der Waals surface area contributed by atoms with E-state index in [1.54, 1.807) is 24.3 Å². The lowest BCUT2D eigenvalue weighted by atomic mass is 9.85. The zero-order valence-electron chi connectivity index (χ0n) is 14.5. The minimum absolute atomic E-state index is 0.0167. The lowest BCUT2D eigenvalue weighted by molar-refractivity contribution is -0.0961. The number of piperidine rings is 1. The molecule has 1 heterocycles. The summed E-state index contributed by atoms with van der Waals surface area (Å²) in [6.45, 7) is 0.333. The average Bonchev–Trinajstić information content (AvgIpc) is 2.59. The molecule has 2 atom stereocenters. The van der Waals surface area contributed by atoms with E-state index in [-0.39, 0.29) is 31.0 Å². The van der Waals surface area contributed by atoms with Gasteiger partial charge in [0.05, 0.1) is 18.7 Å². The first-order valence-electron chi connectivity index (χ1n) is 8.61. The molecule has 1 unspecified atom stereocenters. The van der Waals surface area contributed by atoms with Crippen LogP contribution in [0.4, 0.5) is 13.6 Å². The van der Waals surface area contributed by atoms with Crippen LogP contribution in [-0.4, -0.2) is 53.7 Å². The van der Waals surface area contributed by atoms with Gasteiger partial charge in [0.1, 0.15) is 0 Å². The van der Waals surface area contributed by atoms with E-state index in [0.29, 0.717) is 24.9 Å². The highest BCUT2D eigenvalue weighted by atomic mass is 19.3. The van der Waals surface area contributed by atoms with Gasteiger partial charge in [0.2, 0.25) is 0 Å². The van der Waals surface area contributed by atoms with Gasteiger partial charge < -0.3 is 20.1 Å². The molecule has 1 aromatic rings. The Bertz CT molecular complexity index is 672. The summed E-state index contributed by atoms with van der Waals surface area (Å²) in [6, 6.07) is 6.02. The predicted octanol–water partition coefficient (Wildman–Crippen LogP) is 3.04. The molecule has 2 fully saturated rings. The van der Waals surface area contributed by atoms with E-state index in [1.807, 2.05) is 0 Å². The Labute approximate surface area is 150 Å². The number of nitrogens with zero attached hydrogens (tertiary/aromatic N) is 1. The molecule has 142 valence electrons. The lowest BCUT2D eigenvalue weighted by Gasteiger charge is -2.43. The predicted molar refractivity (Wildman–Crippen MR) is 89.4 cm³/mol. The summed E-state index contributed by atoms with van der Waals surface area (Å²) in [5.41, 5.74) is 1.16. The zero-order valence-corrected chi connectivity index (χ0v) is 14.5. The van der Waals surface area contributed by atoms with Gasteiger partial charge in [-0.2, -0.15) is 0 Å². The number of carboxylic acid groups (broad SMARTS) is 1. The van der Waals surface area contributed by atoms with Crippen LogP contribution in [0.15, 0.2) is 24.3 Å². The van der Waals surface area contributed by atoms with Crippen LogP contribution in [0.3, 0.4) is 0 Å². The first kappa shape index (κ1) is 18.6. The highest BCUT2D eigenvalue weighted by Gasteiger charge is 2.46. The molecule has 1 saturated carbocycles. The maximum Gasteiger partial charge on any atom is 0.407 e. The third kappa shape index (κ3) is 3.95. The SMILES string of the molecule is COC(=O)c1ccc([C@@H]2CC(NC3CC(F)(F)C3)CCN2C(=O)O)cc1. The van der Waals surface area contributed by atoms with Crippen molar-refractivity contribution in [3.05, 3.63) is 35.4 Å². The van der Waals surface area contributed by atoms with Crippen molar-refractivity contribution < 1.29 is 28.2 Å². The Balaban J connectivity index is 1.70. The minimum atomic E-state index is -2.58. The van der Waals surface area contributed by atoms with E-state index in [0.717, 1.165) is 5.56 Å². The fourth-order valence-electron chi connectivity index (χ4n) is 3.73. The number of esters is 1. The third-order valence-corrected chi connectivity index (χ3v) is 5.13. The summed E-state index contributed by atoms with van der Waals surface area (Å²) in [4.78, 5) is 24.5. The van der Waals surface area contributed by atoms with Gasteiger partial charge in [0.25, 0.3) is 5.92 Å². The number of hydrogen-bond donors (Lipinski definition) is 2. The molecule has 0 spiro atoms. The molecule has 0 radical (unpaired) electrons. The summed E-state index contributed by atoms with van der Waals surface area (Å²) in [5, 5.41) is 12.7. The van der Waals surface area contributed by atoms with Gasteiger partial charge in [-0.05, 0) is 30.5 Å². The van der Waals surface area contributed by atoms with Crippen LogP contribution < -0.4 is 5.32 Å². The van der Waals surface area contributed by atoms with E-state index >= 15 is 0 Å². The van der Waals surface area contributed by atoms with Crippen molar-refractivity contribution in [3.8, 4) is 0 Å². The van der Waals surface area contributed by atoms with Gasteiger partial charge in [0, 0.05) is 31.5 Å². The van der Waals surface area contributed by atoms with E-state index < -0.39 is 18.0 Å². The van der Waals surface area contributed by atoms with Crippen LogP contribution in [-0.2, 0) is 4.74 Å². The molecule has 1 aromatic carbocycles. The number of amides is 1. The van der Waals surface area contributed by atoms with Crippen molar-refractivity contribution in [1.82, 2.24) is 10.2 Å². The fraction of sp³-hybridized carbons (Fsp3) is 0.556. The fourth-order valence-corrected chi connectivity index (χ4v) is 3.73.